The lowest BCUT2D eigenvalue weighted by molar-refractivity contribution is 0.218. The fourth-order valence-electron chi connectivity index (χ4n) is 4.11. The number of fused-ring (bicyclic) bond motifs is 3. The SMILES string of the molecule is N#Cc1cc2c(cn1)[nH]c1ncc(-c3ccc(CN4CCCCC4)c(F)c3)cc12. The highest BCUT2D eigenvalue weighted by Crippen LogP contribution is 2.29. The zero-order valence-electron chi connectivity index (χ0n) is 16.0. The molecule has 1 saturated heterocycles. The summed E-state index contributed by atoms with van der Waals surface area (Å²) in [6, 6.07) is 11.2. The third-order valence-electron chi connectivity index (χ3n) is 5.68. The van der Waals surface area contributed by atoms with Gasteiger partial charge in [-0.1, -0.05) is 18.6 Å². The first-order chi connectivity index (χ1) is 14.2. The van der Waals surface area contributed by atoms with Gasteiger partial charge in [-0.15, -0.1) is 0 Å². The van der Waals surface area contributed by atoms with Crippen molar-refractivity contribution >= 4 is 21.9 Å². The molecule has 5 nitrogen and oxygen atoms in total. The third kappa shape index (κ3) is 3.34. The molecular formula is C23H20FN5. The number of nitrogens with one attached hydrogen (secondary N) is 1. The van der Waals surface area contributed by atoms with Crippen LogP contribution in [0.3, 0.4) is 0 Å². The number of nitriles is 1. The van der Waals surface area contributed by atoms with Gasteiger partial charge in [-0.2, -0.15) is 5.26 Å². The normalized spacial score (nSPS) is 15.0. The van der Waals surface area contributed by atoms with Crippen molar-refractivity contribution in [2.24, 2.45) is 0 Å². The molecule has 0 saturated carbocycles. The number of H-pyrrole nitrogens is 1. The topological polar surface area (TPSA) is 68.6 Å². The smallest absolute Gasteiger partial charge is 0.141 e. The molecule has 4 aromatic rings. The second kappa shape index (κ2) is 7.26. The molecule has 0 radical (unpaired) electrons. The molecule has 1 aliphatic heterocycles. The number of hydrogen-bond acceptors (Lipinski definition) is 4. The van der Waals surface area contributed by atoms with E-state index in [-0.39, 0.29) is 5.82 Å². The van der Waals surface area contributed by atoms with E-state index in [2.05, 4.69) is 25.9 Å². The van der Waals surface area contributed by atoms with Crippen molar-refractivity contribution in [2.45, 2.75) is 25.8 Å². The number of nitrogens with zero attached hydrogens (tertiary/aromatic N) is 4. The molecule has 1 N–H and O–H groups in total. The monoisotopic (exact) mass is 385 g/mol. The van der Waals surface area contributed by atoms with Crippen LogP contribution in [0.15, 0.2) is 42.7 Å². The molecule has 6 heteroatoms. The zero-order chi connectivity index (χ0) is 19.8. The number of hydrogen-bond donors (Lipinski definition) is 1. The molecule has 1 aromatic carbocycles. The summed E-state index contributed by atoms with van der Waals surface area (Å²) >= 11 is 0. The number of piperidine rings is 1. The maximum atomic E-state index is 14.8. The van der Waals surface area contributed by atoms with Crippen LogP contribution in [0.4, 0.5) is 4.39 Å². The maximum absolute atomic E-state index is 14.8. The first-order valence-electron chi connectivity index (χ1n) is 9.90. The summed E-state index contributed by atoms with van der Waals surface area (Å²) in [6.45, 7) is 2.75. The molecule has 1 aliphatic rings. The lowest BCUT2D eigenvalue weighted by Crippen LogP contribution is -2.29. The summed E-state index contributed by atoms with van der Waals surface area (Å²) in [4.78, 5) is 14.1. The predicted molar refractivity (Wildman–Crippen MR) is 111 cm³/mol. The zero-order valence-corrected chi connectivity index (χ0v) is 16.0. The van der Waals surface area contributed by atoms with Crippen LogP contribution < -0.4 is 0 Å². The largest absolute Gasteiger partial charge is 0.338 e. The quantitative estimate of drug-likeness (QED) is 0.551. The number of benzene rings is 1. The Hall–Kier alpha value is -3.30. The number of pyridine rings is 2. The fourth-order valence-corrected chi connectivity index (χ4v) is 4.11. The van der Waals surface area contributed by atoms with E-state index in [1.54, 1.807) is 24.5 Å². The second-order valence-electron chi connectivity index (χ2n) is 7.62. The summed E-state index contributed by atoms with van der Waals surface area (Å²) < 4.78 is 14.8. The van der Waals surface area contributed by atoms with Crippen LogP contribution >= 0.6 is 0 Å². The number of aromatic amines is 1. The molecule has 0 atom stereocenters. The second-order valence-corrected chi connectivity index (χ2v) is 7.62. The van der Waals surface area contributed by atoms with Gasteiger partial charge in [-0.05, 0) is 49.7 Å². The molecule has 0 unspecified atom stereocenters. The first kappa shape index (κ1) is 17.8. The molecule has 1 fully saturated rings. The first-order valence-corrected chi connectivity index (χ1v) is 9.90. The summed E-state index contributed by atoms with van der Waals surface area (Å²) in [6.07, 6.45) is 7.05. The Bertz CT molecular complexity index is 1250. The number of rotatable bonds is 3. The van der Waals surface area contributed by atoms with Crippen molar-refractivity contribution in [3.8, 4) is 17.2 Å². The van der Waals surface area contributed by atoms with Crippen molar-refractivity contribution < 1.29 is 4.39 Å². The lowest BCUT2D eigenvalue weighted by atomic mass is 10.0. The van der Waals surface area contributed by atoms with Crippen LogP contribution in [0.25, 0.3) is 33.1 Å². The van der Waals surface area contributed by atoms with E-state index in [1.165, 1.54) is 19.3 Å². The molecule has 0 aliphatic carbocycles. The van der Waals surface area contributed by atoms with Gasteiger partial charge in [0.25, 0.3) is 0 Å². The van der Waals surface area contributed by atoms with Gasteiger partial charge >= 0.3 is 0 Å². The number of halogens is 1. The number of aromatic nitrogens is 3. The Kier molecular flexibility index (Phi) is 4.45. The average Bonchev–Trinajstić information content (AvgIpc) is 3.13. The molecule has 5 rings (SSSR count). The van der Waals surface area contributed by atoms with E-state index >= 15 is 0 Å². The van der Waals surface area contributed by atoms with Crippen LogP contribution in [0, 0.1) is 17.1 Å². The molecule has 3 aromatic heterocycles. The van der Waals surface area contributed by atoms with Gasteiger partial charge in [0.15, 0.2) is 0 Å². The fraction of sp³-hybridized carbons (Fsp3) is 0.261. The molecule has 4 heterocycles. The highest BCUT2D eigenvalue weighted by Gasteiger charge is 2.14. The summed E-state index contributed by atoms with van der Waals surface area (Å²) in [7, 11) is 0. The molecule has 29 heavy (non-hydrogen) atoms. The van der Waals surface area contributed by atoms with E-state index in [4.69, 9.17) is 5.26 Å². The van der Waals surface area contributed by atoms with E-state index in [0.717, 1.165) is 51.7 Å². The van der Waals surface area contributed by atoms with E-state index in [0.29, 0.717) is 12.2 Å². The minimum atomic E-state index is -0.178. The Labute approximate surface area is 167 Å². The van der Waals surface area contributed by atoms with Crippen molar-refractivity contribution in [1.82, 2.24) is 19.9 Å². The van der Waals surface area contributed by atoms with Gasteiger partial charge in [0, 0.05) is 34.6 Å². The van der Waals surface area contributed by atoms with Gasteiger partial charge in [-0.3, -0.25) is 4.90 Å². The predicted octanol–water partition coefficient (Wildman–Crippen LogP) is 4.77. The molecule has 0 spiro atoms. The Morgan fingerprint density at radius 3 is 2.66 bits per heavy atom. The van der Waals surface area contributed by atoms with Gasteiger partial charge in [0.2, 0.25) is 0 Å². The van der Waals surface area contributed by atoms with Crippen LogP contribution in [0.2, 0.25) is 0 Å². The summed E-state index contributed by atoms with van der Waals surface area (Å²) in [5.74, 6) is -0.178. The van der Waals surface area contributed by atoms with Gasteiger partial charge in [-0.25, -0.2) is 14.4 Å². The Morgan fingerprint density at radius 2 is 1.86 bits per heavy atom. The molecule has 0 bridgehead atoms. The minimum Gasteiger partial charge on any atom is -0.338 e. The van der Waals surface area contributed by atoms with Crippen molar-refractivity contribution in [2.75, 3.05) is 13.1 Å². The standard InChI is InChI=1S/C23H20FN5/c24-21-9-15(4-5-16(21)14-29-6-2-1-3-7-29)17-8-20-19-10-18(11-25)26-13-22(19)28-23(20)27-12-17/h4-5,8-10,12-13H,1-3,6-7,14H2,(H,27,28). The highest BCUT2D eigenvalue weighted by atomic mass is 19.1. The van der Waals surface area contributed by atoms with Crippen LogP contribution in [0.5, 0.6) is 0 Å². The van der Waals surface area contributed by atoms with Gasteiger partial charge < -0.3 is 4.98 Å². The summed E-state index contributed by atoms with van der Waals surface area (Å²) in [5, 5.41) is 10.9. The van der Waals surface area contributed by atoms with Gasteiger partial charge in [0.05, 0.1) is 11.7 Å². The van der Waals surface area contributed by atoms with Crippen molar-refractivity contribution in [3.05, 3.63) is 59.8 Å². The van der Waals surface area contributed by atoms with Crippen molar-refractivity contribution in [1.29, 1.82) is 5.26 Å². The van der Waals surface area contributed by atoms with E-state index in [9.17, 15) is 4.39 Å². The van der Waals surface area contributed by atoms with Crippen LogP contribution in [-0.4, -0.2) is 32.9 Å². The number of likely N-dealkylation sites (tertiary alicyclic amines) is 1. The van der Waals surface area contributed by atoms with Crippen molar-refractivity contribution in [3.63, 3.8) is 0 Å². The Morgan fingerprint density at radius 1 is 1.00 bits per heavy atom. The molecular weight excluding hydrogens is 365 g/mol. The maximum Gasteiger partial charge on any atom is 0.141 e. The highest BCUT2D eigenvalue weighted by molar-refractivity contribution is 6.06. The van der Waals surface area contributed by atoms with Gasteiger partial charge in [0.1, 0.15) is 23.2 Å². The summed E-state index contributed by atoms with van der Waals surface area (Å²) in [5.41, 5.74) is 4.29. The Balaban J connectivity index is 1.50. The molecule has 144 valence electrons. The van der Waals surface area contributed by atoms with Crippen LogP contribution in [-0.2, 0) is 6.54 Å². The van der Waals surface area contributed by atoms with Crippen LogP contribution in [0.1, 0.15) is 30.5 Å². The van der Waals surface area contributed by atoms with E-state index in [1.807, 2.05) is 18.2 Å². The molecule has 0 amide bonds. The third-order valence-corrected chi connectivity index (χ3v) is 5.68. The minimum absolute atomic E-state index is 0.178. The lowest BCUT2D eigenvalue weighted by Gasteiger charge is -2.26. The van der Waals surface area contributed by atoms with E-state index < -0.39 is 0 Å². The average molecular weight is 385 g/mol.